The number of nitrogens with two attached hydrogens (primary N) is 1. The Labute approximate surface area is 150 Å². The lowest BCUT2D eigenvalue weighted by Crippen LogP contribution is -2.34. The van der Waals surface area contributed by atoms with Crippen molar-refractivity contribution in [2.45, 2.75) is 22.8 Å². The van der Waals surface area contributed by atoms with E-state index in [1.165, 1.54) is 42.5 Å². The molecule has 1 atom stereocenters. The van der Waals surface area contributed by atoms with Crippen molar-refractivity contribution in [3.8, 4) is 5.75 Å². The smallest absolute Gasteiger partial charge is 0.265 e. The van der Waals surface area contributed by atoms with Gasteiger partial charge in [0.2, 0.25) is 10.0 Å². The van der Waals surface area contributed by atoms with E-state index in [9.17, 15) is 21.6 Å². The summed E-state index contributed by atoms with van der Waals surface area (Å²) in [4.78, 5) is 11.4. The molecule has 26 heavy (non-hydrogen) atoms. The molecule has 1 aliphatic heterocycles. The Balaban J connectivity index is 1.87. The molecule has 1 unspecified atom stereocenters. The second kappa shape index (κ2) is 6.27. The van der Waals surface area contributed by atoms with Crippen LogP contribution in [0.15, 0.2) is 52.3 Å². The van der Waals surface area contributed by atoms with E-state index in [0.717, 1.165) is 0 Å². The molecular weight excluding hydrogens is 382 g/mol. The summed E-state index contributed by atoms with van der Waals surface area (Å²) in [7, 11) is -7.83. The molecule has 0 saturated carbocycles. The first-order valence-electron chi connectivity index (χ1n) is 7.33. The molecule has 138 valence electrons. The number of hydrogen-bond donors (Lipinski definition) is 3. The molecule has 11 heteroatoms. The van der Waals surface area contributed by atoms with Crippen LogP contribution in [0, 0.1) is 0 Å². The van der Waals surface area contributed by atoms with Crippen LogP contribution in [0.25, 0.3) is 0 Å². The van der Waals surface area contributed by atoms with E-state index in [4.69, 9.17) is 9.88 Å². The molecule has 0 aliphatic carbocycles. The Morgan fingerprint density at radius 2 is 1.65 bits per heavy atom. The molecule has 0 aromatic heterocycles. The van der Waals surface area contributed by atoms with Gasteiger partial charge in [0.1, 0.15) is 5.75 Å². The van der Waals surface area contributed by atoms with E-state index in [0.29, 0.717) is 5.75 Å². The number of nitrogens with one attached hydrogen (secondary N) is 2. The summed E-state index contributed by atoms with van der Waals surface area (Å²) in [5, 5.41) is 7.57. The summed E-state index contributed by atoms with van der Waals surface area (Å²) in [5.41, 5.74) is 0.407. The van der Waals surface area contributed by atoms with Crippen molar-refractivity contribution < 1.29 is 26.4 Å². The van der Waals surface area contributed by atoms with Gasteiger partial charge < -0.3 is 10.1 Å². The fourth-order valence-corrected chi connectivity index (χ4v) is 3.88. The lowest BCUT2D eigenvalue weighted by molar-refractivity contribution is -0.122. The number of benzene rings is 2. The van der Waals surface area contributed by atoms with E-state index >= 15 is 0 Å². The zero-order valence-corrected chi connectivity index (χ0v) is 15.1. The van der Waals surface area contributed by atoms with Crippen LogP contribution in [-0.4, -0.2) is 28.8 Å². The second-order valence-electron chi connectivity index (χ2n) is 5.58. The number of rotatable bonds is 4. The molecular formula is C15H15N3O6S2. The van der Waals surface area contributed by atoms with Crippen molar-refractivity contribution in [3.63, 3.8) is 0 Å². The molecule has 4 N–H and O–H groups in total. The van der Waals surface area contributed by atoms with Gasteiger partial charge in [-0.2, -0.15) is 0 Å². The van der Waals surface area contributed by atoms with Crippen LogP contribution in [0.4, 0.5) is 11.4 Å². The van der Waals surface area contributed by atoms with E-state index in [2.05, 4.69) is 10.0 Å². The molecule has 1 aliphatic rings. The number of primary sulfonamides is 1. The third-order valence-corrected chi connectivity index (χ3v) is 5.94. The number of anilines is 2. The van der Waals surface area contributed by atoms with Gasteiger partial charge in [-0.3, -0.25) is 9.52 Å². The van der Waals surface area contributed by atoms with Gasteiger partial charge in [0.25, 0.3) is 15.9 Å². The minimum absolute atomic E-state index is 0.0924. The van der Waals surface area contributed by atoms with Crippen LogP contribution >= 0.6 is 0 Å². The first-order valence-corrected chi connectivity index (χ1v) is 10.4. The van der Waals surface area contributed by atoms with Gasteiger partial charge in [0, 0.05) is 5.69 Å². The monoisotopic (exact) mass is 397 g/mol. The normalized spacial score (nSPS) is 17.0. The standard InChI is InChI=1S/C15H15N3O6S2/c1-9-15(19)17-13-8-12(6-7-14(13)24-9)26(22,23)18-10-2-4-11(5-3-10)25(16,20)21/h2-9,18H,1H3,(H,17,19)(H2,16,20,21). The van der Waals surface area contributed by atoms with E-state index in [1.54, 1.807) is 6.92 Å². The number of amides is 1. The van der Waals surface area contributed by atoms with Crippen LogP contribution in [0.5, 0.6) is 5.75 Å². The molecule has 1 amide bonds. The van der Waals surface area contributed by atoms with Crippen molar-refractivity contribution >= 4 is 37.3 Å². The Kier molecular flexibility index (Phi) is 4.38. The first kappa shape index (κ1) is 18.2. The summed E-state index contributed by atoms with van der Waals surface area (Å²) >= 11 is 0. The first-order chi connectivity index (χ1) is 12.1. The Morgan fingerprint density at radius 3 is 2.27 bits per heavy atom. The number of sulfonamides is 2. The minimum Gasteiger partial charge on any atom is -0.479 e. The summed E-state index contributed by atoms with van der Waals surface area (Å²) in [6.45, 7) is 1.58. The highest BCUT2D eigenvalue weighted by Crippen LogP contribution is 2.32. The average Bonchev–Trinajstić information content (AvgIpc) is 2.55. The van der Waals surface area contributed by atoms with Crippen molar-refractivity contribution in [1.82, 2.24) is 0 Å². The quantitative estimate of drug-likeness (QED) is 0.697. The highest BCUT2D eigenvalue weighted by atomic mass is 32.2. The van der Waals surface area contributed by atoms with Gasteiger partial charge in [0.15, 0.2) is 6.10 Å². The molecule has 0 bridgehead atoms. The van der Waals surface area contributed by atoms with E-state index < -0.39 is 26.2 Å². The molecule has 9 nitrogen and oxygen atoms in total. The maximum Gasteiger partial charge on any atom is 0.265 e. The molecule has 3 rings (SSSR count). The number of ether oxygens (including phenoxy) is 1. The zero-order valence-electron chi connectivity index (χ0n) is 13.5. The highest BCUT2D eigenvalue weighted by molar-refractivity contribution is 7.92. The Bertz CT molecular complexity index is 1080. The van der Waals surface area contributed by atoms with Gasteiger partial charge in [-0.1, -0.05) is 0 Å². The van der Waals surface area contributed by atoms with Crippen molar-refractivity contribution in [2.24, 2.45) is 5.14 Å². The van der Waals surface area contributed by atoms with Crippen LogP contribution < -0.4 is 19.9 Å². The van der Waals surface area contributed by atoms with Gasteiger partial charge in [-0.05, 0) is 49.4 Å². The topological polar surface area (TPSA) is 145 Å². The Morgan fingerprint density at radius 1 is 1.04 bits per heavy atom. The van der Waals surface area contributed by atoms with Gasteiger partial charge in [-0.15, -0.1) is 0 Å². The summed E-state index contributed by atoms with van der Waals surface area (Å²) in [6, 6.07) is 9.00. The lowest BCUT2D eigenvalue weighted by atomic mass is 10.2. The molecule has 0 fully saturated rings. The molecule has 2 aromatic rings. The van der Waals surface area contributed by atoms with Gasteiger partial charge in [-0.25, -0.2) is 22.0 Å². The fourth-order valence-electron chi connectivity index (χ4n) is 2.28. The number of carbonyl (C=O) groups excluding carboxylic acids is 1. The molecule has 0 spiro atoms. The average molecular weight is 397 g/mol. The Hall–Kier alpha value is -2.63. The predicted molar refractivity (Wildman–Crippen MR) is 93.8 cm³/mol. The minimum atomic E-state index is -3.96. The van der Waals surface area contributed by atoms with Crippen molar-refractivity contribution in [2.75, 3.05) is 10.0 Å². The number of hydrogen-bond acceptors (Lipinski definition) is 6. The maximum atomic E-state index is 12.5. The molecule has 1 heterocycles. The van der Waals surface area contributed by atoms with Gasteiger partial charge in [0.05, 0.1) is 15.5 Å². The van der Waals surface area contributed by atoms with Crippen molar-refractivity contribution in [3.05, 3.63) is 42.5 Å². The predicted octanol–water partition coefficient (Wildman–Crippen LogP) is 0.854. The third-order valence-electron chi connectivity index (χ3n) is 3.63. The van der Waals surface area contributed by atoms with Crippen LogP contribution in [0.1, 0.15) is 6.92 Å². The van der Waals surface area contributed by atoms with Gasteiger partial charge >= 0.3 is 0 Å². The molecule has 0 saturated heterocycles. The SMILES string of the molecule is CC1Oc2ccc(S(=O)(=O)Nc3ccc(S(N)(=O)=O)cc3)cc2NC1=O. The summed E-state index contributed by atoms with van der Waals surface area (Å²) < 4.78 is 55.2. The second-order valence-corrected chi connectivity index (χ2v) is 8.83. The van der Waals surface area contributed by atoms with Crippen LogP contribution in [0.3, 0.4) is 0 Å². The number of carbonyl (C=O) groups is 1. The molecule has 2 aromatic carbocycles. The van der Waals surface area contributed by atoms with Crippen molar-refractivity contribution in [1.29, 1.82) is 0 Å². The third kappa shape index (κ3) is 3.64. The highest BCUT2D eigenvalue weighted by Gasteiger charge is 2.25. The summed E-state index contributed by atoms with van der Waals surface area (Å²) in [5.74, 6) is -0.00727. The summed E-state index contributed by atoms with van der Waals surface area (Å²) in [6.07, 6.45) is -0.666. The van der Waals surface area contributed by atoms with Crippen LogP contribution in [-0.2, 0) is 24.8 Å². The number of fused-ring (bicyclic) bond motifs is 1. The van der Waals surface area contributed by atoms with E-state index in [1.807, 2.05) is 0 Å². The van der Waals surface area contributed by atoms with Crippen LogP contribution in [0.2, 0.25) is 0 Å². The fraction of sp³-hybridized carbons (Fsp3) is 0.133. The molecule has 0 radical (unpaired) electrons. The largest absolute Gasteiger partial charge is 0.479 e. The lowest BCUT2D eigenvalue weighted by Gasteiger charge is -2.23. The van der Waals surface area contributed by atoms with E-state index in [-0.39, 0.29) is 27.1 Å². The zero-order chi connectivity index (χ0) is 19.1. The maximum absolute atomic E-state index is 12.5.